The molecule has 1 aromatic heterocycles. The van der Waals surface area contributed by atoms with Crippen molar-refractivity contribution in [2.45, 2.75) is 38.1 Å². The van der Waals surface area contributed by atoms with E-state index in [1.165, 1.54) is 37.8 Å². The van der Waals surface area contributed by atoms with E-state index in [1.807, 2.05) is 12.1 Å². The monoisotopic (exact) mass is 367 g/mol. The molecule has 4 aromatic rings. The molecule has 0 radical (unpaired) electrons. The van der Waals surface area contributed by atoms with Crippen molar-refractivity contribution in [3.8, 4) is 0 Å². The van der Waals surface area contributed by atoms with Crippen LogP contribution in [0.25, 0.3) is 21.8 Å². The summed E-state index contributed by atoms with van der Waals surface area (Å²) in [6.45, 7) is 0. The molecule has 0 unspecified atom stereocenters. The first-order valence-electron chi connectivity index (χ1n) is 10.3. The van der Waals surface area contributed by atoms with Crippen molar-refractivity contribution in [2.24, 2.45) is 0 Å². The number of anilines is 3. The summed E-state index contributed by atoms with van der Waals surface area (Å²) >= 11 is 0. The van der Waals surface area contributed by atoms with Gasteiger partial charge in [-0.25, -0.2) is 4.98 Å². The van der Waals surface area contributed by atoms with Crippen molar-refractivity contribution in [3.05, 3.63) is 72.8 Å². The van der Waals surface area contributed by atoms with Gasteiger partial charge in [0.1, 0.15) is 0 Å². The van der Waals surface area contributed by atoms with Crippen molar-refractivity contribution in [2.75, 3.05) is 10.6 Å². The lowest BCUT2D eigenvalue weighted by Gasteiger charge is -2.24. The van der Waals surface area contributed by atoms with Gasteiger partial charge < -0.3 is 10.6 Å². The molecule has 1 aliphatic carbocycles. The minimum absolute atomic E-state index is 0.626. The van der Waals surface area contributed by atoms with Crippen LogP contribution in [0.5, 0.6) is 0 Å². The fraction of sp³-hybridized carbons (Fsp3) is 0.240. The molecule has 0 amide bonds. The van der Waals surface area contributed by atoms with Gasteiger partial charge in [-0.3, -0.25) is 0 Å². The number of benzene rings is 3. The molecular formula is C25H25N3. The molecule has 1 fully saturated rings. The van der Waals surface area contributed by atoms with E-state index < -0.39 is 0 Å². The number of aromatic nitrogens is 1. The SMILES string of the molecule is c1ccc2c(Nc3ccc(NC4CCCCC4)cc3)c3ccccc3nc2c1. The molecular weight excluding hydrogens is 342 g/mol. The fourth-order valence-corrected chi connectivity index (χ4v) is 4.25. The lowest BCUT2D eigenvalue weighted by atomic mass is 9.95. The number of hydrogen-bond acceptors (Lipinski definition) is 3. The van der Waals surface area contributed by atoms with Crippen molar-refractivity contribution in [1.29, 1.82) is 0 Å². The Hall–Kier alpha value is -3.07. The highest BCUT2D eigenvalue weighted by Gasteiger charge is 2.13. The van der Waals surface area contributed by atoms with Crippen molar-refractivity contribution >= 4 is 38.9 Å². The Morgan fingerprint density at radius 3 is 1.86 bits per heavy atom. The largest absolute Gasteiger partial charge is 0.382 e. The molecule has 2 N–H and O–H groups in total. The Morgan fingerprint density at radius 1 is 0.643 bits per heavy atom. The van der Waals surface area contributed by atoms with E-state index in [2.05, 4.69) is 71.3 Å². The number of pyridine rings is 1. The smallest absolute Gasteiger partial charge is 0.0730 e. The van der Waals surface area contributed by atoms with Gasteiger partial charge in [0.15, 0.2) is 0 Å². The number of para-hydroxylation sites is 2. The van der Waals surface area contributed by atoms with E-state index in [9.17, 15) is 0 Å². The predicted molar refractivity (Wildman–Crippen MR) is 119 cm³/mol. The van der Waals surface area contributed by atoms with Crippen LogP contribution >= 0.6 is 0 Å². The predicted octanol–water partition coefficient (Wildman–Crippen LogP) is 6.88. The van der Waals surface area contributed by atoms with Gasteiger partial charge in [0.25, 0.3) is 0 Å². The molecule has 0 aliphatic heterocycles. The topological polar surface area (TPSA) is 37.0 Å². The first-order valence-corrected chi connectivity index (χ1v) is 10.3. The van der Waals surface area contributed by atoms with Crippen molar-refractivity contribution < 1.29 is 0 Å². The highest BCUT2D eigenvalue weighted by Crippen LogP contribution is 2.33. The van der Waals surface area contributed by atoms with E-state index in [0.29, 0.717) is 6.04 Å². The third-order valence-corrected chi connectivity index (χ3v) is 5.72. The van der Waals surface area contributed by atoms with Crippen LogP contribution in [0.3, 0.4) is 0 Å². The lowest BCUT2D eigenvalue weighted by molar-refractivity contribution is 0.463. The van der Waals surface area contributed by atoms with Crippen LogP contribution in [-0.4, -0.2) is 11.0 Å². The second kappa shape index (κ2) is 7.51. The molecule has 0 spiro atoms. The fourth-order valence-electron chi connectivity index (χ4n) is 4.25. The second-order valence-electron chi connectivity index (χ2n) is 7.70. The summed E-state index contributed by atoms with van der Waals surface area (Å²) in [5.41, 5.74) is 5.45. The second-order valence-corrected chi connectivity index (χ2v) is 7.70. The first kappa shape index (κ1) is 17.1. The average Bonchev–Trinajstić information content (AvgIpc) is 2.75. The molecule has 3 nitrogen and oxygen atoms in total. The van der Waals surface area contributed by atoms with Gasteiger partial charge in [-0.2, -0.15) is 0 Å². The Labute approximate surface area is 165 Å². The Balaban J connectivity index is 1.45. The molecule has 0 saturated heterocycles. The maximum atomic E-state index is 4.81. The molecule has 1 aliphatic rings. The number of nitrogens with one attached hydrogen (secondary N) is 2. The minimum Gasteiger partial charge on any atom is -0.382 e. The Bertz CT molecular complexity index is 1040. The zero-order chi connectivity index (χ0) is 18.8. The van der Waals surface area contributed by atoms with Crippen LogP contribution in [0.4, 0.5) is 17.1 Å². The zero-order valence-corrected chi connectivity index (χ0v) is 16.0. The maximum absolute atomic E-state index is 4.81. The van der Waals surface area contributed by atoms with E-state index in [1.54, 1.807) is 0 Å². The summed E-state index contributed by atoms with van der Waals surface area (Å²) in [4.78, 5) is 4.81. The molecule has 1 heterocycles. The summed E-state index contributed by atoms with van der Waals surface area (Å²) in [7, 11) is 0. The van der Waals surface area contributed by atoms with Gasteiger partial charge in [0, 0.05) is 28.2 Å². The van der Waals surface area contributed by atoms with E-state index in [-0.39, 0.29) is 0 Å². The molecule has 140 valence electrons. The molecule has 0 bridgehead atoms. The van der Waals surface area contributed by atoms with Crippen LogP contribution in [0, 0.1) is 0 Å². The van der Waals surface area contributed by atoms with Crippen LogP contribution in [0.1, 0.15) is 32.1 Å². The van der Waals surface area contributed by atoms with Gasteiger partial charge in [-0.05, 0) is 49.2 Å². The van der Waals surface area contributed by atoms with Crippen molar-refractivity contribution in [3.63, 3.8) is 0 Å². The van der Waals surface area contributed by atoms with Gasteiger partial charge >= 0.3 is 0 Å². The average molecular weight is 367 g/mol. The molecule has 3 heteroatoms. The molecule has 1 saturated carbocycles. The maximum Gasteiger partial charge on any atom is 0.0730 e. The van der Waals surface area contributed by atoms with Crippen LogP contribution in [-0.2, 0) is 0 Å². The van der Waals surface area contributed by atoms with E-state index >= 15 is 0 Å². The van der Waals surface area contributed by atoms with Gasteiger partial charge in [0.2, 0.25) is 0 Å². The summed E-state index contributed by atoms with van der Waals surface area (Å²) in [6.07, 6.45) is 6.65. The minimum atomic E-state index is 0.626. The van der Waals surface area contributed by atoms with E-state index in [4.69, 9.17) is 4.98 Å². The highest BCUT2D eigenvalue weighted by molar-refractivity contribution is 6.08. The third-order valence-electron chi connectivity index (χ3n) is 5.72. The number of nitrogens with zero attached hydrogens (tertiary/aromatic N) is 1. The van der Waals surface area contributed by atoms with Crippen molar-refractivity contribution in [1.82, 2.24) is 4.98 Å². The van der Waals surface area contributed by atoms with Gasteiger partial charge in [-0.1, -0.05) is 55.7 Å². The quantitative estimate of drug-likeness (QED) is 0.386. The Kier molecular flexibility index (Phi) is 4.58. The molecule has 0 atom stereocenters. The molecule has 5 rings (SSSR count). The van der Waals surface area contributed by atoms with Gasteiger partial charge in [0.05, 0.1) is 16.7 Å². The van der Waals surface area contributed by atoms with Crippen LogP contribution in [0.15, 0.2) is 72.8 Å². The third kappa shape index (κ3) is 3.40. The summed E-state index contributed by atoms with van der Waals surface area (Å²) in [5, 5.41) is 9.63. The normalized spacial score (nSPS) is 15.0. The summed E-state index contributed by atoms with van der Waals surface area (Å²) < 4.78 is 0. The van der Waals surface area contributed by atoms with Gasteiger partial charge in [-0.15, -0.1) is 0 Å². The Morgan fingerprint density at radius 2 is 1.21 bits per heavy atom. The first-order chi connectivity index (χ1) is 13.9. The van der Waals surface area contributed by atoms with Crippen LogP contribution < -0.4 is 10.6 Å². The lowest BCUT2D eigenvalue weighted by Crippen LogP contribution is -2.22. The molecule has 3 aromatic carbocycles. The van der Waals surface area contributed by atoms with E-state index in [0.717, 1.165) is 33.2 Å². The summed E-state index contributed by atoms with van der Waals surface area (Å²) in [6, 6.07) is 26.0. The van der Waals surface area contributed by atoms with Crippen LogP contribution in [0.2, 0.25) is 0 Å². The molecule has 28 heavy (non-hydrogen) atoms. The summed E-state index contributed by atoms with van der Waals surface area (Å²) in [5.74, 6) is 0. The highest BCUT2D eigenvalue weighted by atomic mass is 14.9. The number of hydrogen-bond donors (Lipinski definition) is 2. The number of rotatable bonds is 4. The zero-order valence-electron chi connectivity index (χ0n) is 16.0. The standard InChI is InChI=1S/C25H25N3/c1-2-8-18(9-3-1)26-19-14-16-20(17-15-19)27-25-21-10-4-6-12-23(21)28-24-13-7-5-11-22(24)25/h4-7,10-18,26H,1-3,8-9H2,(H,27,28). The number of fused-ring (bicyclic) bond motifs is 2.